The molecule has 1 atom stereocenters. The van der Waals surface area contributed by atoms with E-state index in [1.54, 1.807) is 0 Å². The van der Waals surface area contributed by atoms with Gasteiger partial charge in [-0.05, 0) is 62.0 Å². The zero-order chi connectivity index (χ0) is 16.1. The summed E-state index contributed by atoms with van der Waals surface area (Å²) in [6.45, 7) is 4.07. The molecule has 2 heterocycles. The lowest BCUT2D eigenvalue weighted by atomic mass is 9.95. The summed E-state index contributed by atoms with van der Waals surface area (Å²) >= 11 is 1.28. The van der Waals surface area contributed by atoms with Crippen molar-refractivity contribution in [1.29, 1.82) is 0 Å². The number of carboxylic acid groups (broad SMARTS) is 1. The summed E-state index contributed by atoms with van der Waals surface area (Å²) in [5, 5.41) is 10.8. The van der Waals surface area contributed by atoms with Crippen molar-refractivity contribution in [1.82, 2.24) is 4.31 Å². The van der Waals surface area contributed by atoms with Crippen molar-refractivity contribution in [3.05, 3.63) is 17.0 Å². The summed E-state index contributed by atoms with van der Waals surface area (Å²) in [5.74, 6) is -0.599. The van der Waals surface area contributed by atoms with Crippen LogP contribution < -0.4 is 0 Å². The molecule has 1 N–H and O–H groups in total. The van der Waals surface area contributed by atoms with Crippen molar-refractivity contribution >= 4 is 27.3 Å². The Morgan fingerprint density at radius 1 is 1.45 bits per heavy atom. The van der Waals surface area contributed by atoms with Crippen molar-refractivity contribution < 1.29 is 18.3 Å². The number of hydrogen-bond donors (Lipinski definition) is 1. The quantitative estimate of drug-likeness (QED) is 0.892. The summed E-state index contributed by atoms with van der Waals surface area (Å²) in [4.78, 5) is 10.9. The second-order valence-corrected chi connectivity index (χ2v) is 9.93. The summed E-state index contributed by atoms with van der Waals surface area (Å²) in [5.41, 5.74) is 0.409. The zero-order valence-electron chi connectivity index (χ0n) is 12.8. The number of sulfonamides is 1. The molecule has 2 aliphatic rings. The molecule has 1 unspecified atom stereocenters. The zero-order valence-corrected chi connectivity index (χ0v) is 14.4. The van der Waals surface area contributed by atoms with Gasteiger partial charge >= 0.3 is 5.97 Å². The standard InChI is InChI=1S/C15H21NO4S2/c1-15(2)8-10(7-13(17)18)9-16(15)22(19,20)14-12(5-6-21-14)11-3-4-11/h5-6,10-11H,3-4,7-9H2,1-2H3,(H,17,18). The van der Waals surface area contributed by atoms with E-state index in [2.05, 4.69) is 0 Å². The minimum Gasteiger partial charge on any atom is -0.481 e. The highest BCUT2D eigenvalue weighted by molar-refractivity contribution is 7.91. The van der Waals surface area contributed by atoms with Crippen LogP contribution in [0.3, 0.4) is 0 Å². The molecule has 0 radical (unpaired) electrons. The number of thiophene rings is 1. The van der Waals surface area contributed by atoms with Gasteiger partial charge in [-0.1, -0.05) is 0 Å². The number of hydrogen-bond acceptors (Lipinski definition) is 4. The average molecular weight is 343 g/mol. The van der Waals surface area contributed by atoms with E-state index in [0.29, 0.717) is 23.1 Å². The Bertz CT molecular complexity index is 688. The highest BCUT2D eigenvalue weighted by atomic mass is 32.2. The molecule has 0 bridgehead atoms. The monoisotopic (exact) mass is 343 g/mol. The Kier molecular flexibility index (Phi) is 3.86. The Balaban J connectivity index is 1.91. The van der Waals surface area contributed by atoms with Crippen molar-refractivity contribution in [2.45, 2.75) is 55.2 Å². The fourth-order valence-electron chi connectivity index (χ4n) is 3.47. The van der Waals surface area contributed by atoms with Crippen LogP contribution in [0.15, 0.2) is 15.7 Å². The lowest BCUT2D eigenvalue weighted by Gasteiger charge is -2.30. The first-order valence-corrected chi connectivity index (χ1v) is 9.86. The predicted octanol–water partition coefficient (Wildman–Crippen LogP) is 2.89. The Morgan fingerprint density at radius 3 is 2.73 bits per heavy atom. The highest BCUT2D eigenvalue weighted by Gasteiger charge is 2.47. The van der Waals surface area contributed by atoms with Crippen molar-refractivity contribution in [2.75, 3.05) is 6.54 Å². The minimum absolute atomic E-state index is 0.0232. The molecular formula is C15H21NO4S2. The van der Waals surface area contributed by atoms with Gasteiger partial charge in [0, 0.05) is 18.5 Å². The van der Waals surface area contributed by atoms with Crippen molar-refractivity contribution in [3.8, 4) is 0 Å². The molecule has 122 valence electrons. The molecule has 1 aromatic rings. The van der Waals surface area contributed by atoms with Crippen molar-refractivity contribution in [3.63, 3.8) is 0 Å². The second-order valence-electron chi connectivity index (χ2n) is 6.95. The Labute approximate surface area is 135 Å². The van der Waals surface area contributed by atoms with Crippen LogP contribution in [-0.2, 0) is 14.8 Å². The third-order valence-corrected chi connectivity index (χ3v) is 8.12. The number of aliphatic carboxylic acids is 1. The third kappa shape index (κ3) is 2.81. The van der Waals surface area contributed by atoms with Crippen LogP contribution in [0.1, 0.15) is 51.0 Å². The molecule has 2 fully saturated rings. The molecule has 1 saturated heterocycles. The van der Waals surface area contributed by atoms with Crippen LogP contribution in [0.4, 0.5) is 0 Å². The summed E-state index contributed by atoms with van der Waals surface area (Å²) in [7, 11) is -3.55. The predicted molar refractivity (Wildman–Crippen MR) is 84.6 cm³/mol. The smallest absolute Gasteiger partial charge is 0.303 e. The van der Waals surface area contributed by atoms with E-state index in [4.69, 9.17) is 5.11 Å². The van der Waals surface area contributed by atoms with Crippen LogP contribution >= 0.6 is 11.3 Å². The molecule has 0 amide bonds. The molecule has 0 spiro atoms. The maximum absolute atomic E-state index is 13.1. The largest absolute Gasteiger partial charge is 0.481 e. The van der Waals surface area contributed by atoms with Gasteiger partial charge in [-0.25, -0.2) is 8.42 Å². The van der Waals surface area contributed by atoms with E-state index in [-0.39, 0.29) is 12.3 Å². The Morgan fingerprint density at radius 2 is 2.14 bits per heavy atom. The topological polar surface area (TPSA) is 74.7 Å². The first-order valence-electron chi connectivity index (χ1n) is 7.54. The lowest BCUT2D eigenvalue weighted by molar-refractivity contribution is -0.138. The summed E-state index contributed by atoms with van der Waals surface area (Å²) < 4.78 is 28.1. The molecule has 1 aliphatic heterocycles. The van der Waals surface area contributed by atoms with E-state index >= 15 is 0 Å². The van der Waals surface area contributed by atoms with Gasteiger partial charge in [0.15, 0.2) is 0 Å². The molecule has 22 heavy (non-hydrogen) atoms. The van der Waals surface area contributed by atoms with Crippen LogP contribution in [0.25, 0.3) is 0 Å². The fourth-order valence-corrected chi connectivity index (χ4v) is 6.97. The normalized spacial score (nSPS) is 25.5. The molecule has 1 aliphatic carbocycles. The highest BCUT2D eigenvalue weighted by Crippen LogP contribution is 2.47. The van der Waals surface area contributed by atoms with E-state index in [0.717, 1.165) is 18.4 Å². The van der Waals surface area contributed by atoms with Gasteiger partial charge in [-0.15, -0.1) is 11.3 Å². The third-order valence-electron chi connectivity index (χ3n) is 4.55. The van der Waals surface area contributed by atoms with E-state index in [1.807, 2.05) is 25.3 Å². The van der Waals surface area contributed by atoms with Gasteiger partial charge in [-0.3, -0.25) is 4.79 Å². The first kappa shape index (κ1) is 16.0. The lowest BCUT2D eigenvalue weighted by Crippen LogP contribution is -2.42. The van der Waals surface area contributed by atoms with E-state index < -0.39 is 21.5 Å². The fraction of sp³-hybridized carbons (Fsp3) is 0.667. The number of nitrogens with zero attached hydrogens (tertiary/aromatic N) is 1. The van der Waals surface area contributed by atoms with Crippen LogP contribution in [-0.4, -0.2) is 35.9 Å². The van der Waals surface area contributed by atoms with Crippen molar-refractivity contribution in [2.24, 2.45) is 5.92 Å². The van der Waals surface area contributed by atoms with Gasteiger partial charge in [0.1, 0.15) is 4.21 Å². The van der Waals surface area contributed by atoms with E-state index in [1.165, 1.54) is 15.6 Å². The average Bonchev–Trinajstić information content (AvgIpc) is 3.01. The molecule has 5 nitrogen and oxygen atoms in total. The first-order chi connectivity index (χ1) is 10.2. The van der Waals surface area contributed by atoms with Gasteiger partial charge in [0.2, 0.25) is 0 Å². The van der Waals surface area contributed by atoms with Gasteiger partial charge < -0.3 is 5.11 Å². The van der Waals surface area contributed by atoms with Gasteiger partial charge in [0.25, 0.3) is 10.0 Å². The maximum Gasteiger partial charge on any atom is 0.303 e. The van der Waals surface area contributed by atoms with E-state index in [9.17, 15) is 13.2 Å². The minimum atomic E-state index is -3.55. The number of carbonyl (C=O) groups is 1. The molecule has 1 aromatic heterocycles. The molecule has 0 aromatic carbocycles. The van der Waals surface area contributed by atoms with Gasteiger partial charge in [-0.2, -0.15) is 4.31 Å². The molecule has 1 saturated carbocycles. The number of rotatable bonds is 5. The second kappa shape index (κ2) is 5.32. The van der Waals surface area contributed by atoms with Gasteiger partial charge in [0.05, 0.1) is 0 Å². The van der Waals surface area contributed by atoms with Crippen LogP contribution in [0.2, 0.25) is 0 Å². The Hall–Kier alpha value is -0.920. The van der Waals surface area contributed by atoms with Crippen LogP contribution in [0.5, 0.6) is 0 Å². The maximum atomic E-state index is 13.1. The molecule has 7 heteroatoms. The molecular weight excluding hydrogens is 322 g/mol. The van der Waals surface area contributed by atoms with Crippen LogP contribution in [0, 0.1) is 5.92 Å². The number of carboxylic acids is 1. The summed E-state index contributed by atoms with van der Waals surface area (Å²) in [6.07, 6.45) is 2.73. The SMILES string of the molecule is CC1(C)CC(CC(=O)O)CN1S(=O)(=O)c1sccc1C1CC1. The molecule has 3 rings (SSSR count). The summed E-state index contributed by atoms with van der Waals surface area (Å²) in [6, 6.07) is 1.92.